The number of hydrogen-bond donors (Lipinski definition) is 2. The third-order valence-electron chi connectivity index (χ3n) is 2.28. The Hall–Kier alpha value is -0.830. The van der Waals surface area contributed by atoms with E-state index in [-0.39, 0.29) is 5.54 Å². The van der Waals surface area contributed by atoms with Crippen LogP contribution in [0.2, 0.25) is 0 Å². The van der Waals surface area contributed by atoms with Crippen molar-refractivity contribution in [3.05, 3.63) is 17.7 Å². The summed E-state index contributed by atoms with van der Waals surface area (Å²) in [5, 5.41) is 0. The average molecular weight is 195 g/mol. The molecule has 3 N–H and O–H groups in total. The molecule has 1 aromatic heterocycles. The van der Waals surface area contributed by atoms with E-state index in [1.54, 1.807) is 0 Å². The van der Waals surface area contributed by atoms with Crippen molar-refractivity contribution < 1.29 is 0 Å². The van der Waals surface area contributed by atoms with E-state index >= 15 is 0 Å². The Labute approximate surface area is 86.1 Å². The van der Waals surface area contributed by atoms with Gasteiger partial charge in [0.2, 0.25) is 0 Å². The molecule has 0 spiro atoms. The van der Waals surface area contributed by atoms with Crippen molar-refractivity contribution >= 4 is 0 Å². The van der Waals surface area contributed by atoms with Gasteiger partial charge in [-0.05, 0) is 26.2 Å². The molecule has 3 nitrogen and oxygen atoms in total. The van der Waals surface area contributed by atoms with Crippen LogP contribution >= 0.6 is 0 Å². The lowest BCUT2D eigenvalue weighted by atomic mass is 10.0. The molecule has 80 valence electrons. The molecule has 3 heteroatoms. The number of nitrogens with one attached hydrogen (secondary N) is 1. The minimum Gasteiger partial charge on any atom is -0.346 e. The molecule has 1 rings (SSSR count). The van der Waals surface area contributed by atoms with Crippen molar-refractivity contribution in [1.82, 2.24) is 9.97 Å². The molecule has 0 amide bonds. The van der Waals surface area contributed by atoms with Gasteiger partial charge in [0.1, 0.15) is 5.82 Å². The number of hydrogen-bond acceptors (Lipinski definition) is 2. The first-order chi connectivity index (χ1) is 6.38. The van der Waals surface area contributed by atoms with Crippen molar-refractivity contribution in [2.45, 2.75) is 52.0 Å². The minimum atomic E-state index is -0.106. The number of imidazole rings is 1. The Morgan fingerprint density at radius 2 is 2.14 bits per heavy atom. The van der Waals surface area contributed by atoms with Crippen LogP contribution in [0.5, 0.6) is 0 Å². The van der Waals surface area contributed by atoms with Gasteiger partial charge in [0, 0.05) is 23.9 Å². The highest BCUT2D eigenvalue weighted by Gasteiger charge is 2.12. The van der Waals surface area contributed by atoms with Crippen molar-refractivity contribution in [3.8, 4) is 0 Å². The van der Waals surface area contributed by atoms with Crippen LogP contribution < -0.4 is 5.73 Å². The molecule has 0 aliphatic rings. The number of nitrogens with zero attached hydrogens (tertiary/aromatic N) is 1. The van der Waals surface area contributed by atoms with Crippen LogP contribution in [0.4, 0.5) is 0 Å². The maximum Gasteiger partial charge on any atom is 0.106 e. The SMILES string of the molecule is CC(C)c1cnc(CCC(C)(C)N)[nH]1. The first-order valence-electron chi connectivity index (χ1n) is 5.21. The molecule has 1 heterocycles. The maximum absolute atomic E-state index is 5.91. The number of aromatic amines is 1. The molecule has 0 aliphatic heterocycles. The van der Waals surface area contributed by atoms with Crippen molar-refractivity contribution in [2.24, 2.45) is 5.73 Å². The van der Waals surface area contributed by atoms with E-state index in [0.29, 0.717) is 5.92 Å². The van der Waals surface area contributed by atoms with E-state index < -0.39 is 0 Å². The molecule has 0 radical (unpaired) electrons. The summed E-state index contributed by atoms with van der Waals surface area (Å²) in [5.41, 5.74) is 7.01. The fourth-order valence-corrected chi connectivity index (χ4v) is 1.24. The molecule has 0 bridgehead atoms. The van der Waals surface area contributed by atoms with Gasteiger partial charge >= 0.3 is 0 Å². The number of H-pyrrole nitrogens is 1. The number of aryl methyl sites for hydroxylation is 1. The minimum absolute atomic E-state index is 0.106. The fraction of sp³-hybridized carbons (Fsp3) is 0.727. The normalized spacial score (nSPS) is 12.4. The van der Waals surface area contributed by atoms with Crippen LogP contribution in [-0.4, -0.2) is 15.5 Å². The number of aromatic nitrogens is 2. The predicted molar refractivity (Wildman–Crippen MR) is 59.3 cm³/mol. The summed E-state index contributed by atoms with van der Waals surface area (Å²) in [5.74, 6) is 1.56. The molecule has 0 atom stereocenters. The smallest absolute Gasteiger partial charge is 0.106 e. The van der Waals surface area contributed by atoms with Crippen molar-refractivity contribution in [2.75, 3.05) is 0 Å². The highest BCUT2D eigenvalue weighted by Crippen LogP contribution is 2.13. The molecule has 0 fully saturated rings. The van der Waals surface area contributed by atoms with Crippen LogP contribution in [0, 0.1) is 0 Å². The Kier molecular flexibility index (Phi) is 3.32. The monoisotopic (exact) mass is 195 g/mol. The first kappa shape index (κ1) is 11.2. The summed E-state index contributed by atoms with van der Waals surface area (Å²) in [6.45, 7) is 8.40. The average Bonchev–Trinajstić information content (AvgIpc) is 2.47. The van der Waals surface area contributed by atoms with E-state index in [0.717, 1.165) is 18.7 Å². The highest BCUT2D eigenvalue weighted by atomic mass is 14.9. The molecular weight excluding hydrogens is 174 g/mol. The molecule has 0 saturated heterocycles. The van der Waals surface area contributed by atoms with Crippen LogP contribution in [0.25, 0.3) is 0 Å². The third-order valence-corrected chi connectivity index (χ3v) is 2.28. The van der Waals surface area contributed by atoms with E-state index in [9.17, 15) is 0 Å². The van der Waals surface area contributed by atoms with Gasteiger partial charge in [-0.1, -0.05) is 13.8 Å². The van der Waals surface area contributed by atoms with Gasteiger partial charge in [-0.15, -0.1) is 0 Å². The fourth-order valence-electron chi connectivity index (χ4n) is 1.24. The molecule has 0 aromatic carbocycles. The van der Waals surface area contributed by atoms with E-state index in [1.165, 1.54) is 5.69 Å². The predicted octanol–water partition coefficient (Wildman–Crippen LogP) is 2.20. The van der Waals surface area contributed by atoms with Gasteiger partial charge < -0.3 is 10.7 Å². The second-order valence-electron chi connectivity index (χ2n) is 4.93. The van der Waals surface area contributed by atoms with Crippen LogP contribution in [-0.2, 0) is 6.42 Å². The third kappa shape index (κ3) is 3.50. The standard InChI is InChI=1S/C11H21N3/c1-8(2)9-7-13-10(14-9)5-6-11(3,4)12/h7-8H,5-6,12H2,1-4H3,(H,13,14). The van der Waals surface area contributed by atoms with Crippen molar-refractivity contribution in [3.63, 3.8) is 0 Å². The maximum atomic E-state index is 5.91. The first-order valence-corrected chi connectivity index (χ1v) is 5.21. The molecular formula is C11H21N3. The van der Waals surface area contributed by atoms with Crippen LogP contribution in [0.1, 0.15) is 51.6 Å². The summed E-state index contributed by atoms with van der Waals surface area (Å²) in [7, 11) is 0. The van der Waals surface area contributed by atoms with E-state index in [2.05, 4.69) is 23.8 Å². The van der Waals surface area contributed by atoms with Gasteiger partial charge in [-0.3, -0.25) is 0 Å². The summed E-state index contributed by atoms with van der Waals surface area (Å²) in [4.78, 5) is 7.65. The quantitative estimate of drug-likeness (QED) is 0.774. The Morgan fingerprint density at radius 1 is 1.50 bits per heavy atom. The zero-order valence-corrected chi connectivity index (χ0v) is 9.59. The lowest BCUT2D eigenvalue weighted by molar-refractivity contribution is 0.471. The van der Waals surface area contributed by atoms with Gasteiger partial charge in [0.05, 0.1) is 0 Å². The van der Waals surface area contributed by atoms with Crippen LogP contribution in [0.3, 0.4) is 0 Å². The summed E-state index contributed by atoms with van der Waals surface area (Å²) < 4.78 is 0. The lowest BCUT2D eigenvalue weighted by Gasteiger charge is -2.16. The van der Waals surface area contributed by atoms with Gasteiger partial charge in [0.15, 0.2) is 0 Å². The zero-order valence-electron chi connectivity index (χ0n) is 9.59. The van der Waals surface area contributed by atoms with Crippen LogP contribution in [0.15, 0.2) is 6.20 Å². The summed E-state index contributed by atoms with van der Waals surface area (Å²) in [6, 6.07) is 0. The van der Waals surface area contributed by atoms with Gasteiger partial charge in [-0.2, -0.15) is 0 Å². The topological polar surface area (TPSA) is 54.7 Å². The lowest BCUT2D eigenvalue weighted by Crippen LogP contribution is -2.32. The van der Waals surface area contributed by atoms with E-state index in [1.807, 2.05) is 20.0 Å². The Balaban J connectivity index is 2.52. The second-order valence-corrected chi connectivity index (χ2v) is 4.93. The summed E-state index contributed by atoms with van der Waals surface area (Å²) in [6.07, 6.45) is 3.80. The molecule has 0 aliphatic carbocycles. The number of nitrogens with two attached hydrogens (primary N) is 1. The molecule has 1 aromatic rings. The van der Waals surface area contributed by atoms with Crippen molar-refractivity contribution in [1.29, 1.82) is 0 Å². The zero-order chi connectivity index (χ0) is 10.8. The largest absolute Gasteiger partial charge is 0.346 e. The Morgan fingerprint density at radius 3 is 2.57 bits per heavy atom. The molecule has 0 unspecified atom stereocenters. The van der Waals surface area contributed by atoms with Gasteiger partial charge in [-0.25, -0.2) is 4.98 Å². The second kappa shape index (κ2) is 4.13. The Bertz CT molecular complexity index is 281. The summed E-state index contributed by atoms with van der Waals surface area (Å²) >= 11 is 0. The van der Waals surface area contributed by atoms with E-state index in [4.69, 9.17) is 5.73 Å². The highest BCUT2D eigenvalue weighted by molar-refractivity contribution is 5.05. The molecule has 14 heavy (non-hydrogen) atoms. The molecule has 0 saturated carbocycles. The number of rotatable bonds is 4. The van der Waals surface area contributed by atoms with Gasteiger partial charge in [0.25, 0.3) is 0 Å².